The van der Waals surface area contributed by atoms with Gasteiger partial charge < -0.3 is 19.7 Å². The molecule has 1 N–H and O–H groups in total. The van der Waals surface area contributed by atoms with Crippen LogP contribution in [-0.2, 0) is 0 Å². The molecular formula is C23H33ClFN5. The third kappa shape index (κ3) is 4.06. The van der Waals surface area contributed by atoms with Crippen LogP contribution in [0, 0.1) is 17.2 Å². The zero-order chi connectivity index (χ0) is 20.9. The summed E-state index contributed by atoms with van der Waals surface area (Å²) >= 11 is 5.99. The normalized spacial score (nSPS) is 29.9. The Labute approximate surface area is 183 Å². The molecule has 0 amide bonds. The summed E-state index contributed by atoms with van der Waals surface area (Å²) in [7, 11) is 2.20. The largest absolute Gasteiger partial charge is 0.339 e. The lowest BCUT2D eigenvalue weighted by atomic mass is 9.86. The van der Waals surface area contributed by atoms with E-state index in [1.807, 2.05) is 0 Å². The van der Waals surface area contributed by atoms with Crippen molar-refractivity contribution < 1.29 is 4.39 Å². The number of imidazole rings is 1. The van der Waals surface area contributed by atoms with Gasteiger partial charge in [-0.25, -0.2) is 9.37 Å². The van der Waals surface area contributed by atoms with E-state index in [0.717, 1.165) is 68.6 Å². The van der Waals surface area contributed by atoms with Gasteiger partial charge in [0.15, 0.2) is 0 Å². The fourth-order valence-corrected chi connectivity index (χ4v) is 5.69. The summed E-state index contributed by atoms with van der Waals surface area (Å²) in [5, 5.41) is 0.133. The maximum absolute atomic E-state index is 13.9. The third-order valence-electron chi connectivity index (χ3n) is 7.84. The summed E-state index contributed by atoms with van der Waals surface area (Å²) in [6.45, 7) is 9.17. The number of anilines is 1. The second-order valence-electron chi connectivity index (χ2n) is 10.0. The molecule has 1 aliphatic heterocycles. The van der Waals surface area contributed by atoms with Crippen LogP contribution in [0.15, 0.2) is 12.1 Å². The number of nitrogens with zero attached hydrogens (tertiary/aromatic N) is 4. The van der Waals surface area contributed by atoms with E-state index in [4.69, 9.17) is 16.6 Å². The summed E-state index contributed by atoms with van der Waals surface area (Å²) in [6, 6.07) is 3.61. The number of fused-ring (bicyclic) bond motifs is 2. The van der Waals surface area contributed by atoms with Crippen molar-refractivity contribution in [3.8, 4) is 0 Å². The van der Waals surface area contributed by atoms with Crippen LogP contribution in [0.2, 0.25) is 5.02 Å². The molecule has 3 fully saturated rings. The van der Waals surface area contributed by atoms with Crippen LogP contribution in [-0.4, -0.2) is 72.1 Å². The van der Waals surface area contributed by atoms with Crippen LogP contribution >= 0.6 is 11.6 Å². The molecule has 2 heterocycles. The molecule has 0 radical (unpaired) electrons. The Bertz CT molecular complexity index is 869. The minimum atomic E-state index is -0.396. The molecule has 30 heavy (non-hydrogen) atoms. The van der Waals surface area contributed by atoms with Gasteiger partial charge in [-0.1, -0.05) is 18.5 Å². The van der Waals surface area contributed by atoms with Crippen LogP contribution < -0.4 is 4.90 Å². The highest BCUT2D eigenvalue weighted by atomic mass is 35.5. The quantitative estimate of drug-likeness (QED) is 0.733. The Kier molecular flexibility index (Phi) is 5.44. The van der Waals surface area contributed by atoms with Crippen molar-refractivity contribution in [1.29, 1.82) is 0 Å². The summed E-state index contributed by atoms with van der Waals surface area (Å²) in [6.07, 6.45) is 6.26. The van der Waals surface area contributed by atoms with Crippen molar-refractivity contribution in [2.45, 2.75) is 45.1 Å². The van der Waals surface area contributed by atoms with E-state index in [0.29, 0.717) is 11.5 Å². The minimum Gasteiger partial charge on any atom is -0.339 e. The molecular weight excluding hydrogens is 401 g/mol. The monoisotopic (exact) mass is 433 g/mol. The number of hydrogen-bond acceptors (Lipinski definition) is 4. The van der Waals surface area contributed by atoms with E-state index < -0.39 is 5.82 Å². The van der Waals surface area contributed by atoms with Crippen molar-refractivity contribution in [3.63, 3.8) is 0 Å². The number of nitrogens with one attached hydrogen (secondary N) is 1. The van der Waals surface area contributed by atoms with Gasteiger partial charge in [-0.05, 0) is 63.1 Å². The molecule has 7 heteroatoms. The van der Waals surface area contributed by atoms with E-state index in [1.165, 1.54) is 31.7 Å². The van der Waals surface area contributed by atoms with Gasteiger partial charge in [0.2, 0.25) is 5.95 Å². The summed E-state index contributed by atoms with van der Waals surface area (Å²) < 4.78 is 13.9. The zero-order valence-electron chi connectivity index (χ0n) is 18.1. The van der Waals surface area contributed by atoms with Crippen molar-refractivity contribution in [2.24, 2.45) is 11.3 Å². The molecule has 3 aliphatic rings. The van der Waals surface area contributed by atoms with Gasteiger partial charge in [-0.15, -0.1) is 0 Å². The number of halogens is 2. The highest BCUT2D eigenvalue weighted by Gasteiger charge is 2.53. The lowest BCUT2D eigenvalue weighted by molar-refractivity contribution is 0.153. The first kappa shape index (κ1) is 20.5. The highest BCUT2D eigenvalue weighted by molar-refractivity contribution is 6.31. The lowest BCUT2D eigenvalue weighted by Crippen LogP contribution is -2.46. The number of H-pyrrole nitrogens is 1. The number of aromatic amines is 1. The number of piperazine rings is 1. The van der Waals surface area contributed by atoms with Crippen molar-refractivity contribution in [3.05, 3.63) is 23.0 Å². The Balaban J connectivity index is 1.32. The first-order valence-corrected chi connectivity index (χ1v) is 11.8. The second kappa shape index (κ2) is 7.95. The predicted octanol–water partition coefficient (Wildman–Crippen LogP) is 4.38. The zero-order valence-corrected chi connectivity index (χ0v) is 18.9. The molecule has 1 saturated heterocycles. The first-order chi connectivity index (χ1) is 14.4. The van der Waals surface area contributed by atoms with Crippen molar-refractivity contribution >= 4 is 28.6 Å². The van der Waals surface area contributed by atoms with Gasteiger partial charge in [-0.2, -0.15) is 0 Å². The van der Waals surface area contributed by atoms with Gasteiger partial charge in [0.25, 0.3) is 0 Å². The highest BCUT2D eigenvalue weighted by Crippen LogP contribution is 2.61. The molecule has 2 aliphatic carbocycles. The van der Waals surface area contributed by atoms with E-state index >= 15 is 0 Å². The standard InChI is InChI=1S/C23H33ClFN5/c1-23-5-4-17(12-16(23)15-23)30(7-3-6-29-10-8-28(2)9-11-29)22-26-20-13-18(24)19(25)14-21(20)27-22/h13-14,16-17H,3-12,15H2,1-2H3,(H,26,27). The van der Waals surface area contributed by atoms with E-state index in [9.17, 15) is 4.39 Å². The van der Waals surface area contributed by atoms with Gasteiger partial charge in [0, 0.05) is 44.8 Å². The van der Waals surface area contributed by atoms with Crippen LogP contribution in [0.3, 0.4) is 0 Å². The summed E-state index contributed by atoms with van der Waals surface area (Å²) in [5.74, 6) is 1.33. The van der Waals surface area contributed by atoms with Crippen molar-refractivity contribution in [1.82, 2.24) is 19.8 Å². The van der Waals surface area contributed by atoms with Gasteiger partial charge >= 0.3 is 0 Å². The molecule has 2 aromatic rings. The molecule has 3 unspecified atom stereocenters. The maximum atomic E-state index is 13.9. The molecule has 2 saturated carbocycles. The number of aromatic nitrogens is 2. The Morgan fingerprint density at radius 1 is 1.30 bits per heavy atom. The molecule has 1 aromatic carbocycles. The number of hydrogen-bond donors (Lipinski definition) is 1. The molecule has 0 spiro atoms. The third-order valence-corrected chi connectivity index (χ3v) is 8.13. The first-order valence-electron chi connectivity index (χ1n) is 11.4. The summed E-state index contributed by atoms with van der Waals surface area (Å²) in [5.41, 5.74) is 2.06. The van der Waals surface area contributed by atoms with Gasteiger partial charge in [-0.3, -0.25) is 0 Å². The summed E-state index contributed by atoms with van der Waals surface area (Å²) in [4.78, 5) is 15.7. The number of rotatable bonds is 6. The fourth-order valence-electron chi connectivity index (χ4n) is 5.53. The van der Waals surface area contributed by atoms with Crippen LogP contribution in [0.4, 0.5) is 10.3 Å². The second-order valence-corrected chi connectivity index (χ2v) is 10.4. The van der Waals surface area contributed by atoms with Crippen LogP contribution in [0.5, 0.6) is 0 Å². The van der Waals surface area contributed by atoms with E-state index in [-0.39, 0.29) is 5.02 Å². The molecule has 5 rings (SSSR count). The van der Waals surface area contributed by atoms with Crippen LogP contribution in [0.1, 0.15) is 39.0 Å². The molecule has 164 valence electrons. The Morgan fingerprint density at radius 3 is 2.87 bits per heavy atom. The van der Waals surface area contributed by atoms with Gasteiger partial charge in [0.05, 0.1) is 16.1 Å². The lowest BCUT2D eigenvalue weighted by Gasteiger charge is -2.37. The van der Waals surface area contributed by atoms with Gasteiger partial charge in [0.1, 0.15) is 5.82 Å². The molecule has 1 aromatic heterocycles. The fraction of sp³-hybridized carbons (Fsp3) is 0.696. The van der Waals surface area contributed by atoms with Crippen LogP contribution in [0.25, 0.3) is 11.0 Å². The average molecular weight is 434 g/mol. The SMILES string of the molecule is CN1CCN(CCCN(c2nc3cc(Cl)c(F)cc3[nH]2)C2CCC3(C)CC3C2)CC1. The van der Waals surface area contributed by atoms with Crippen molar-refractivity contribution in [2.75, 3.05) is 51.2 Å². The minimum absolute atomic E-state index is 0.133. The predicted molar refractivity (Wildman–Crippen MR) is 121 cm³/mol. The Morgan fingerprint density at radius 2 is 2.10 bits per heavy atom. The smallest absolute Gasteiger partial charge is 0.204 e. The molecule has 0 bridgehead atoms. The average Bonchev–Trinajstić information content (AvgIpc) is 3.24. The van der Waals surface area contributed by atoms with E-state index in [2.05, 4.69) is 33.7 Å². The Hall–Kier alpha value is -1.37. The number of benzene rings is 1. The maximum Gasteiger partial charge on any atom is 0.204 e. The topological polar surface area (TPSA) is 38.4 Å². The molecule has 3 atom stereocenters. The molecule has 5 nitrogen and oxygen atoms in total. The number of likely N-dealkylation sites (N-methyl/N-ethyl adjacent to an activating group) is 1. The van der Waals surface area contributed by atoms with E-state index in [1.54, 1.807) is 6.07 Å².